The number of piperidine rings is 1. The molecule has 128 valence electrons. The molecule has 2 aliphatic rings. The molecule has 0 aromatic rings. The third kappa shape index (κ3) is 5.14. The summed E-state index contributed by atoms with van der Waals surface area (Å²) in [7, 11) is 0. The highest BCUT2D eigenvalue weighted by Crippen LogP contribution is 2.23. The maximum absolute atomic E-state index is 12.2. The van der Waals surface area contributed by atoms with E-state index in [0.717, 1.165) is 32.1 Å². The molecule has 1 amide bonds. The van der Waals surface area contributed by atoms with Gasteiger partial charge in [0, 0.05) is 26.2 Å². The van der Waals surface area contributed by atoms with Crippen molar-refractivity contribution in [2.45, 2.75) is 57.5 Å². The Hall–Kier alpha value is -0.260. The third-order valence-corrected chi connectivity index (χ3v) is 5.89. The van der Waals surface area contributed by atoms with Crippen LogP contribution in [0.25, 0.3) is 0 Å². The summed E-state index contributed by atoms with van der Waals surface area (Å²) in [5.41, 5.74) is 0. The monoisotopic (exact) mass is 328 g/mol. The molecule has 22 heavy (non-hydrogen) atoms. The number of morpholine rings is 1. The maximum atomic E-state index is 12.2. The molecule has 4 nitrogen and oxygen atoms in total. The van der Waals surface area contributed by atoms with E-state index in [4.69, 9.17) is 4.74 Å². The zero-order chi connectivity index (χ0) is 16.1. The van der Waals surface area contributed by atoms with Gasteiger partial charge in [0.15, 0.2) is 0 Å². The Morgan fingerprint density at radius 1 is 1.23 bits per heavy atom. The minimum absolute atomic E-state index is 0.105. The lowest BCUT2D eigenvalue weighted by Gasteiger charge is -2.37. The van der Waals surface area contributed by atoms with E-state index in [9.17, 15) is 4.79 Å². The maximum Gasteiger partial charge on any atom is 0.235 e. The van der Waals surface area contributed by atoms with Crippen LogP contribution in [-0.2, 0) is 9.53 Å². The average Bonchev–Trinajstić information content (AvgIpc) is 2.51. The number of likely N-dealkylation sites (tertiary alicyclic amines) is 1. The first-order valence-electron chi connectivity index (χ1n) is 8.69. The lowest BCUT2D eigenvalue weighted by atomic mass is 9.93. The van der Waals surface area contributed by atoms with Gasteiger partial charge in [0.2, 0.25) is 5.91 Å². The van der Waals surface area contributed by atoms with E-state index in [1.165, 1.54) is 25.8 Å². The van der Waals surface area contributed by atoms with Gasteiger partial charge in [0.1, 0.15) is 0 Å². The number of hydrogen-bond acceptors (Lipinski definition) is 4. The van der Waals surface area contributed by atoms with Crippen molar-refractivity contribution in [3.05, 3.63) is 0 Å². The fraction of sp³-hybridized carbons (Fsp3) is 0.941. The van der Waals surface area contributed by atoms with Gasteiger partial charge >= 0.3 is 0 Å². The average molecular weight is 329 g/mol. The van der Waals surface area contributed by atoms with Crippen molar-refractivity contribution in [1.82, 2.24) is 9.80 Å². The summed E-state index contributed by atoms with van der Waals surface area (Å²) in [5, 5.41) is 0.105. The van der Waals surface area contributed by atoms with E-state index < -0.39 is 0 Å². The fourth-order valence-corrected chi connectivity index (χ4v) is 3.98. The van der Waals surface area contributed by atoms with Crippen molar-refractivity contribution in [1.29, 1.82) is 0 Å². The molecule has 5 heteroatoms. The first kappa shape index (κ1) is 18.1. The van der Waals surface area contributed by atoms with Crippen LogP contribution in [0.1, 0.15) is 40.0 Å². The number of amides is 1. The Balaban J connectivity index is 1.68. The van der Waals surface area contributed by atoms with Gasteiger partial charge in [0.25, 0.3) is 0 Å². The van der Waals surface area contributed by atoms with Gasteiger partial charge < -0.3 is 9.64 Å². The molecule has 0 spiro atoms. The molecule has 0 aromatic carbocycles. The van der Waals surface area contributed by atoms with Gasteiger partial charge in [-0.2, -0.15) is 11.8 Å². The van der Waals surface area contributed by atoms with Gasteiger partial charge in [-0.1, -0.05) is 0 Å². The fourth-order valence-electron chi connectivity index (χ4n) is 3.63. The van der Waals surface area contributed by atoms with Crippen LogP contribution in [0.15, 0.2) is 0 Å². The number of carbonyl (C=O) groups excluding carboxylic acids is 1. The minimum atomic E-state index is 0.105. The second-order valence-electron chi connectivity index (χ2n) is 6.95. The smallest absolute Gasteiger partial charge is 0.235 e. The van der Waals surface area contributed by atoms with E-state index in [-0.39, 0.29) is 5.25 Å². The number of rotatable bonds is 5. The Morgan fingerprint density at radius 2 is 1.82 bits per heavy atom. The lowest BCUT2D eigenvalue weighted by molar-refractivity contribution is -0.131. The summed E-state index contributed by atoms with van der Waals surface area (Å²) in [6.45, 7) is 11.5. The van der Waals surface area contributed by atoms with Gasteiger partial charge in [-0.3, -0.25) is 9.69 Å². The predicted molar refractivity (Wildman–Crippen MR) is 93.3 cm³/mol. The summed E-state index contributed by atoms with van der Waals surface area (Å²) < 4.78 is 5.79. The number of thioether (sulfide) groups is 1. The molecule has 2 aliphatic heterocycles. The van der Waals surface area contributed by atoms with Crippen LogP contribution in [0, 0.1) is 5.92 Å². The molecule has 0 saturated carbocycles. The zero-order valence-corrected chi connectivity index (χ0v) is 15.4. The highest BCUT2D eigenvalue weighted by molar-refractivity contribution is 7.99. The summed E-state index contributed by atoms with van der Waals surface area (Å²) in [5.74, 6) is 1.10. The summed E-state index contributed by atoms with van der Waals surface area (Å²) >= 11 is 1.65. The number of hydrogen-bond donors (Lipinski definition) is 0. The Morgan fingerprint density at radius 3 is 2.36 bits per heavy atom. The van der Waals surface area contributed by atoms with Crippen molar-refractivity contribution in [2.75, 3.05) is 39.0 Å². The first-order chi connectivity index (χ1) is 10.5. The van der Waals surface area contributed by atoms with Crippen molar-refractivity contribution in [3.63, 3.8) is 0 Å². The van der Waals surface area contributed by atoms with Crippen LogP contribution in [0.3, 0.4) is 0 Å². The van der Waals surface area contributed by atoms with Crippen molar-refractivity contribution >= 4 is 17.7 Å². The van der Waals surface area contributed by atoms with Crippen LogP contribution >= 0.6 is 11.8 Å². The minimum Gasteiger partial charge on any atom is -0.373 e. The zero-order valence-electron chi connectivity index (χ0n) is 14.6. The van der Waals surface area contributed by atoms with E-state index in [0.29, 0.717) is 18.1 Å². The summed E-state index contributed by atoms with van der Waals surface area (Å²) in [6, 6.07) is 0. The van der Waals surface area contributed by atoms with Crippen LogP contribution < -0.4 is 0 Å². The standard InChI is InChI=1S/C17H32N2O2S/c1-13-11-18(12-14(2)21-13)8-5-16-6-9-19(10-7-16)17(20)15(3)22-4/h13-16H,5-12H2,1-4H3/t13-,14-,15-/m1/s1. The van der Waals surface area contributed by atoms with Gasteiger partial charge in [-0.25, -0.2) is 0 Å². The van der Waals surface area contributed by atoms with Crippen molar-refractivity contribution in [2.24, 2.45) is 5.92 Å². The number of ether oxygens (including phenoxy) is 1. The second kappa shape index (κ2) is 8.55. The van der Waals surface area contributed by atoms with Gasteiger partial charge in [-0.05, 0) is 58.8 Å². The molecule has 0 N–H and O–H groups in total. The molecule has 0 unspecified atom stereocenters. The molecule has 0 aromatic heterocycles. The molecule has 0 bridgehead atoms. The molecule has 2 saturated heterocycles. The molecule has 0 radical (unpaired) electrons. The van der Waals surface area contributed by atoms with E-state index in [1.807, 2.05) is 13.2 Å². The Labute approximate surface area is 139 Å². The Bertz CT molecular complexity index is 349. The molecular weight excluding hydrogens is 296 g/mol. The molecule has 2 fully saturated rings. The van der Waals surface area contributed by atoms with Crippen molar-refractivity contribution < 1.29 is 9.53 Å². The largest absolute Gasteiger partial charge is 0.373 e. The lowest BCUT2D eigenvalue weighted by Crippen LogP contribution is -2.46. The third-order valence-electron chi connectivity index (χ3n) is 4.98. The molecule has 3 atom stereocenters. The van der Waals surface area contributed by atoms with Gasteiger partial charge in [0.05, 0.1) is 17.5 Å². The van der Waals surface area contributed by atoms with Gasteiger partial charge in [-0.15, -0.1) is 0 Å². The number of nitrogens with zero attached hydrogens (tertiary/aromatic N) is 2. The van der Waals surface area contributed by atoms with Crippen LogP contribution in [0.2, 0.25) is 0 Å². The SMILES string of the molecule is CS[C@H](C)C(=O)N1CCC(CCN2C[C@@H](C)O[C@H](C)C2)CC1. The molecule has 2 heterocycles. The topological polar surface area (TPSA) is 32.8 Å². The van der Waals surface area contributed by atoms with E-state index >= 15 is 0 Å². The summed E-state index contributed by atoms with van der Waals surface area (Å²) in [4.78, 5) is 16.8. The van der Waals surface area contributed by atoms with E-state index in [1.54, 1.807) is 11.8 Å². The molecular formula is C17H32N2O2S. The normalized spacial score (nSPS) is 29.5. The van der Waals surface area contributed by atoms with Crippen LogP contribution in [0.5, 0.6) is 0 Å². The van der Waals surface area contributed by atoms with Crippen LogP contribution in [0.4, 0.5) is 0 Å². The molecule has 2 rings (SSSR count). The molecule has 0 aliphatic carbocycles. The van der Waals surface area contributed by atoms with Crippen LogP contribution in [-0.4, -0.2) is 72.1 Å². The van der Waals surface area contributed by atoms with Crippen molar-refractivity contribution in [3.8, 4) is 0 Å². The Kier molecular flexibility index (Phi) is 7.03. The second-order valence-corrected chi connectivity index (χ2v) is 8.13. The first-order valence-corrected chi connectivity index (χ1v) is 9.97. The highest BCUT2D eigenvalue weighted by atomic mass is 32.2. The highest BCUT2D eigenvalue weighted by Gasteiger charge is 2.27. The summed E-state index contributed by atoms with van der Waals surface area (Å²) in [6.07, 6.45) is 6.33. The quantitative estimate of drug-likeness (QED) is 0.776. The van der Waals surface area contributed by atoms with E-state index in [2.05, 4.69) is 23.6 Å². The predicted octanol–water partition coefficient (Wildman–Crippen LogP) is 2.48. The number of carbonyl (C=O) groups is 1.